The van der Waals surface area contributed by atoms with E-state index in [1.807, 2.05) is 5.51 Å². The number of nitrogens with zero attached hydrogens (tertiary/aromatic N) is 1. The SMILES string of the molecule is CC(CC1CC1)Nc1ccc2ncsc2c1. The minimum atomic E-state index is 0.581. The first-order valence-corrected chi connectivity index (χ1v) is 6.79. The summed E-state index contributed by atoms with van der Waals surface area (Å²) in [7, 11) is 0. The van der Waals surface area contributed by atoms with E-state index in [4.69, 9.17) is 0 Å². The highest BCUT2D eigenvalue weighted by Crippen LogP contribution is 2.34. The minimum absolute atomic E-state index is 0.581. The van der Waals surface area contributed by atoms with Crippen molar-refractivity contribution in [3.05, 3.63) is 23.7 Å². The van der Waals surface area contributed by atoms with Crippen molar-refractivity contribution in [2.24, 2.45) is 5.92 Å². The quantitative estimate of drug-likeness (QED) is 0.865. The molecule has 1 aromatic carbocycles. The van der Waals surface area contributed by atoms with Crippen LogP contribution >= 0.6 is 11.3 Å². The predicted octanol–water partition coefficient (Wildman–Crippen LogP) is 3.90. The van der Waals surface area contributed by atoms with Crippen molar-refractivity contribution in [2.75, 3.05) is 5.32 Å². The zero-order valence-electron chi connectivity index (χ0n) is 9.44. The molecule has 2 aromatic rings. The molecule has 1 fully saturated rings. The van der Waals surface area contributed by atoms with Crippen molar-refractivity contribution in [3.8, 4) is 0 Å². The molecule has 0 bridgehead atoms. The molecular formula is C13H16N2S. The molecule has 1 heterocycles. The van der Waals surface area contributed by atoms with Crippen molar-refractivity contribution in [3.63, 3.8) is 0 Å². The predicted molar refractivity (Wildman–Crippen MR) is 70.0 cm³/mol. The number of rotatable bonds is 4. The van der Waals surface area contributed by atoms with Crippen molar-refractivity contribution in [1.82, 2.24) is 4.98 Å². The Morgan fingerprint density at radius 3 is 3.19 bits per heavy atom. The molecule has 1 unspecified atom stereocenters. The van der Waals surface area contributed by atoms with Gasteiger partial charge in [0.2, 0.25) is 0 Å². The fourth-order valence-electron chi connectivity index (χ4n) is 2.14. The van der Waals surface area contributed by atoms with Crippen molar-refractivity contribution in [2.45, 2.75) is 32.2 Å². The lowest BCUT2D eigenvalue weighted by Crippen LogP contribution is -2.15. The molecule has 1 atom stereocenters. The Balaban J connectivity index is 1.72. The normalized spacial score (nSPS) is 17.6. The molecule has 1 aliphatic carbocycles. The third-order valence-corrected chi connectivity index (χ3v) is 3.92. The van der Waals surface area contributed by atoms with Crippen LogP contribution in [0.25, 0.3) is 10.2 Å². The van der Waals surface area contributed by atoms with E-state index in [-0.39, 0.29) is 0 Å². The van der Waals surface area contributed by atoms with Gasteiger partial charge in [0.1, 0.15) is 0 Å². The molecule has 0 amide bonds. The van der Waals surface area contributed by atoms with Gasteiger partial charge in [0.05, 0.1) is 15.7 Å². The number of hydrogen-bond donors (Lipinski definition) is 1. The standard InChI is InChI=1S/C13H16N2S/c1-9(6-10-2-3-10)15-11-4-5-12-13(7-11)16-8-14-12/h4-5,7-10,15H,2-3,6H2,1H3. The van der Waals surface area contributed by atoms with E-state index < -0.39 is 0 Å². The first kappa shape index (κ1) is 10.1. The number of nitrogens with one attached hydrogen (secondary N) is 1. The second-order valence-corrected chi connectivity index (χ2v) is 5.65. The molecule has 0 aliphatic heterocycles. The van der Waals surface area contributed by atoms with Gasteiger partial charge < -0.3 is 5.32 Å². The molecule has 3 heteroatoms. The first-order chi connectivity index (χ1) is 7.81. The average molecular weight is 232 g/mol. The Morgan fingerprint density at radius 2 is 2.38 bits per heavy atom. The second kappa shape index (κ2) is 4.06. The van der Waals surface area contributed by atoms with Gasteiger partial charge in [0, 0.05) is 11.7 Å². The van der Waals surface area contributed by atoms with Gasteiger partial charge in [-0.3, -0.25) is 0 Å². The van der Waals surface area contributed by atoms with Crippen LogP contribution in [0.1, 0.15) is 26.2 Å². The van der Waals surface area contributed by atoms with Crippen LogP contribution in [0.2, 0.25) is 0 Å². The van der Waals surface area contributed by atoms with E-state index in [1.165, 1.54) is 29.6 Å². The van der Waals surface area contributed by atoms with E-state index in [0.717, 1.165) is 11.4 Å². The zero-order valence-corrected chi connectivity index (χ0v) is 10.3. The third kappa shape index (κ3) is 2.19. The molecule has 84 valence electrons. The Labute approximate surface area is 99.7 Å². The maximum absolute atomic E-state index is 4.29. The van der Waals surface area contributed by atoms with Gasteiger partial charge in [0.15, 0.2) is 0 Å². The summed E-state index contributed by atoms with van der Waals surface area (Å²) >= 11 is 1.70. The highest BCUT2D eigenvalue weighted by Gasteiger charge is 2.23. The Morgan fingerprint density at radius 1 is 1.50 bits per heavy atom. The molecule has 0 saturated heterocycles. The molecular weight excluding hydrogens is 216 g/mol. The lowest BCUT2D eigenvalue weighted by atomic mass is 10.1. The fraction of sp³-hybridized carbons (Fsp3) is 0.462. The smallest absolute Gasteiger partial charge is 0.0813 e. The van der Waals surface area contributed by atoms with Gasteiger partial charge in [-0.1, -0.05) is 12.8 Å². The van der Waals surface area contributed by atoms with Crippen molar-refractivity contribution < 1.29 is 0 Å². The summed E-state index contributed by atoms with van der Waals surface area (Å²) < 4.78 is 1.27. The van der Waals surface area contributed by atoms with E-state index in [2.05, 4.69) is 35.4 Å². The van der Waals surface area contributed by atoms with Crippen LogP contribution in [0.3, 0.4) is 0 Å². The average Bonchev–Trinajstić information content (AvgIpc) is 2.95. The van der Waals surface area contributed by atoms with Gasteiger partial charge in [0.25, 0.3) is 0 Å². The molecule has 2 nitrogen and oxygen atoms in total. The fourth-order valence-corrected chi connectivity index (χ4v) is 2.86. The highest BCUT2D eigenvalue weighted by molar-refractivity contribution is 7.16. The largest absolute Gasteiger partial charge is 0.383 e. The van der Waals surface area contributed by atoms with Gasteiger partial charge in [-0.25, -0.2) is 4.98 Å². The van der Waals surface area contributed by atoms with Gasteiger partial charge in [-0.2, -0.15) is 0 Å². The molecule has 3 rings (SSSR count). The summed E-state index contributed by atoms with van der Waals surface area (Å²) in [4.78, 5) is 4.29. The first-order valence-electron chi connectivity index (χ1n) is 5.91. The van der Waals surface area contributed by atoms with Crippen LogP contribution in [0.15, 0.2) is 23.7 Å². The number of fused-ring (bicyclic) bond motifs is 1. The maximum Gasteiger partial charge on any atom is 0.0813 e. The summed E-state index contributed by atoms with van der Waals surface area (Å²) in [5.74, 6) is 0.981. The van der Waals surface area contributed by atoms with Gasteiger partial charge >= 0.3 is 0 Å². The molecule has 1 aliphatic rings. The van der Waals surface area contributed by atoms with E-state index in [0.29, 0.717) is 6.04 Å². The van der Waals surface area contributed by atoms with Crippen LogP contribution in [0, 0.1) is 5.92 Å². The Kier molecular flexibility index (Phi) is 2.56. The maximum atomic E-state index is 4.29. The summed E-state index contributed by atoms with van der Waals surface area (Å²) in [5.41, 5.74) is 4.23. The molecule has 0 spiro atoms. The number of hydrogen-bond acceptors (Lipinski definition) is 3. The summed E-state index contributed by atoms with van der Waals surface area (Å²) in [6.45, 7) is 2.27. The van der Waals surface area contributed by atoms with Gasteiger partial charge in [-0.15, -0.1) is 11.3 Å². The summed E-state index contributed by atoms with van der Waals surface area (Å²) in [5, 5.41) is 3.57. The number of thiazole rings is 1. The second-order valence-electron chi connectivity index (χ2n) is 4.76. The molecule has 16 heavy (non-hydrogen) atoms. The van der Waals surface area contributed by atoms with E-state index in [9.17, 15) is 0 Å². The Bertz CT molecular complexity index is 487. The van der Waals surface area contributed by atoms with Crippen molar-refractivity contribution in [1.29, 1.82) is 0 Å². The van der Waals surface area contributed by atoms with E-state index >= 15 is 0 Å². The molecule has 1 N–H and O–H groups in total. The molecule has 0 radical (unpaired) electrons. The highest BCUT2D eigenvalue weighted by atomic mass is 32.1. The minimum Gasteiger partial charge on any atom is -0.383 e. The van der Waals surface area contributed by atoms with E-state index in [1.54, 1.807) is 11.3 Å². The van der Waals surface area contributed by atoms with Crippen LogP contribution in [-0.2, 0) is 0 Å². The topological polar surface area (TPSA) is 24.9 Å². The lowest BCUT2D eigenvalue weighted by molar-refractivity contribution is 0.642. The Hall–Kier alpha value is -1.09. The number of aromatic nitrogens is 1. The number of anilines is 1. The van der Waals surface area contributed by atoms with Crippen molar-refractivity contribution >= 4 is 27.2 Å². The van der Waals surface area contributed by atoms with Gasteiger partial charge in [-0.05, 0) is 37.5 Å². The lowest BCUT2D eigenvalue weighted by Gasteiger charge is -2.14. The monoisotopic (exact) mass is 232 g/mol. The molecule has 1 aromatic heterocycles. The number of benzene rings is 1. The molecule has 1 saturated carbocycles. The third-order valence-electron chi connectivity index (χ3n) is 3.13. The van der Waals surface area contributed by atoms with Crippen LogP contribution < -0.4 is 5.32 Å². The summed E-state index contributed by atoms with van der Waals surface area (Å²) in [6.07, 6.45) is 4.17. The zero-order chi connectivity index (χ0) is 11.0. The summed E-state index contributed by atoms with van der Waals surface area (Å²) in [6, 6.07) is 7.01. The van der Waals surface area contributed by atoms with Crippen LogP contribution in [0.5, 0.6) is 0 Å². The van der Waals surface area contributed by atoms with Crippen LogP contribution in [-0.4, -0.2) is 11.0 Å². The van der Waals surface area contributed by atoms with Crippen LogP contribution in [0.4, 0.5) is 5.69 Å².